The molecule has 3 aromatic carbocycles. The lowest BCUT2D eigenvalue weighted by molar-refractivity contribution is 0.102. The van der Waals surface area contributed by atoms with E-state index in [1.807, 2.05) is 48.5 Å². The Balaban J connectivity index is 1.06. The molecule has 1 aliphatic heterocycles. The second-order valence-corrected chi connectivity index (χ2v) is 10.5. The molecule has 222 valence electrons. The molecule has 0 atom stereocenters. The highest BCUT2D eigenvalue weighted by Crippen LogP contribution is 2.33. The van der Waals surface area contributed by atoms with Gasteiger partial charge >= 0.3 is 0 Å². The Kier molecular flexibility index (Phi) is 8.42. The van der Waals surface area contributed by atoms with E-state index in [0.717, 1.165) is 60.4 Å². The molecule has 1 aliphatic rings. The maximum atomic E-state index is 13.1. The number of fused-ring (bicyclic) bond motifs is 2. The van der Waals surface area contributed by atoms with E-state index in [4.69, 9.17) is 9.47 Å². The van der Waals surface area contributed by atoms with Gasteiger partial charge in [0.15, 0.2) is 23.0 Å². The fourth-order valence-corrected chi connectivity index (χ4v) is 5.34. The first-order chi connectivity index (χ1) is 21.5. The average Bonchev–Trinajstić information content (AvgIpc) is 3.07. The van der Waals surface area contributed by atoms with Crippen LogP contribution in [0.5, 0.6) is 11.5 Å². The summed E-state index contributed by atoms with van der Waals surface area (Å²) in [6.07, 6.45) is 6.17. The third kappa shape index (κ3) is 6.35. The van der Waals surface area contributed by atoms with Crippen LogP contribution >= 0.6 is 0 Å². The molecule has 0 spiro atoms. The van der Waals surface area contributed by atoms with E-state index in [2.05, 4.69) is 42.6 Å². The number of para-hydroxylation sites is 1. The minimum atomic E-state index is -0.475. The third-order valence-corrected chi connectivity index (χ3v) is 7.72. The van der Waals surface area contributed by atoms with Gasteiger partial charge in [0.05, 0.1) is 25.3 Å². The number of benzene rings is 3. The minimum Gasteiger partial charge on any atom is -0.493 e. The number of hydrogen-bond donors (Lipinski definition) is 2. The number of carbonyl (C=O) groups is 2. The van der Waals surface area contributed by atoms with Crippen molar-refractivity contribution >= 4 is 34.2 Å². The number of aromatic nitrogens is 3. The van der Waals surface area contributed by atoms with E-state index in [9.17, 15) is 9.59 Å². The SMILES string of the molecule is COc1cc2c(cc1OC)CN(CCc1ccc(NC(=O)c3nccnc3NC(=O)c3cnc4ccccc4c3)cc1)CC2. The molecule has 2 N–H and O–H groups in total. The molecular formula is C34H32N6O4. The zero-order valence-corrected chi connectivity index (χ0v) is 24.5. The Morgan fingerprint density at radius 2 is 1.59 bits per heavy atom. The molecule has 0 bridgehead atoms. The summed E-state index contributed by atoms with van der Waals surface area (Å²) in [5.74, 6) is 0.684. The maximum Gasteiger partial charge on any atom is 0.278 e. The predicted octanol–water partition coefficient (Wildman–Crippen LogP) is 5.15. The highest BCUT2D eigenvalue weighted by atomic mass is 16.5. The lowest BCUT2D eigenvalue weighted by Crippen LogP contribution is -2.32. The van der Waals surface area contributed by atoms with Crippen LogP contribution in [0.15, 0.2) is 85.3 Å². The largest absolute Gasteiger partial charge is 0.493 e. The van der Waals surface area contributed by atoms with Gasteiger partial charge in [0, 0.05) is 49.3 Å². The van der Waals surface area contributed by atoms with E-state index >= 15 is 0 Å². The van der Waals surface area contributed by atoms with Gasteiger partial charge in [-0.15, -0.1) is 0 Å². The number of hydrogen-bond acceptors (Lipinski definition) is 8. The number of pyridine rings is 1. The van der Waals surface area contributed by atoms with Gasteiger partial charge in [-0.2, -0.15) is 0 Å². The van der Waals surface area contributed by atoms with Crippen LogP contribution in [0.3, 0.4) is 0 Å². The molecule has 0 unspecified atom stereocenters. The number of nitrogens with one attached hydrogen (secondary N) is 2. The van der Waals surface area contributed by atoms with E-state index in [0.29, 0.717) is 11.3 Å². The maximum absolute atomic E-state index is 13.1. The van der Waals surface area contributed by atoms with Gasteiger partial charge in [-0.1, -0.05) is 30.3 Å². The molecule has 0 aliphatic carbocycles. The van der Waals surface area contributed by atoms with Crippen molar-refractivity contribution in [2.24, 2.45) is 0 Å². The van der Waals surface area contributed by atoms with E-state index in [-0.39, 0.29) is 11.5 Å². The van der Waals surface area contributed by atoms with Crippen molar-refractivity contribution in [1.82, 2.24) is 19.9 Å². The summed E-state index contributed by atoms with van der Waals surface area (Å²) in [6, 6.07) is 21.2. The summed E-state index contributed by atoms with van der Waals surface area (Å²) in [4.78, 5) is 41.2. The van der Waals surface area contributed by atoms with E-state index in [1.165, 1.54) is 29.7 Å². The summed E-state index contributed by atoms with van der Waals surface area (Å²) in [6.45, 7) is 2.75. The standard InChI is InChI=1S/C34H32N6O4/c1-43-29-18-23-12-16-40(21-26(23)19-30(29)44-2)15-11-22-7-9-27(10-8-22)38-34(42)31-32(36-14-13-35-31)39-33(41)25-17-24-5-3-4-6-28(24)37-20-25/h3-10,13-14,17-20H,11-12,15-16,21H2,1-2H3,(H,38,42)(H,36,39,41). The molecule has 0 radical (unpaired) electrons. The van der Waals surface area contributed by atoms with Crippen LogP contribution in [0.1, 0.15) is 37.5 Å². The number of anilines is 2. The number of rotatable bonds is 9. The van der Waals surface area contributed by atoms with Gasteiger partial charge in [-0.25, -0.2) is 9.97 Å². The average molecular weight is 589 g/mol. The molecule has 5 aromatic rings. The second-order valence-electron chi connectivity index (χ2n) is 10.5. The van der Waals surface area contributed by atoms with Crippen LogP contribution in [-0.2, 0) is 19.4 Å². The summed E-state index contributed by atoms with van der Waals surface area (Å²) in [5.41, 5.74) is 5.50. The zero-order chi connectivity index (χ0) is 30.5. The highest BCUT2D eigenvalue weighted by Gasteiger charge is 2.20. The number of carbonyl (C=O) groups excluding carboxylic acids is 2. The first-order valence-corrected chi connectivity index (χ1v) is 14.3. The van der Waals surface area contributed by atoms with Crippen molar-refractivity contribution in [2.75, 3.05) is 37.9 Å². The first kappa shape index (κ1) is 28.8. The van der Waals surface area contributed by atoms with Gasteiger partial charge in [-0.05, 0) is 65.9 Å². The van der Waals surface area contributed by atoms with Gasteiger partial charge in [-0.3, -0.25) is 19.5 Å². The van der Waals surface area contributed by atoms with Crippen LogP contribution in [0.4, 0.5) is 11.5 Å². The molecule has 10 nitrogen and oxygen atoms in total. The van der Waals surface area contributed by atoms with Crippen molar-refractivity contribution in [3.05, 3.63) is 113 Å². The Labute approximate surface area is 255 Å². The van der Waals surface area contributed by atoms with Crippen LogP contribution in [-0.4, -0.2) is 59.0 Å². The molecule has 2 aromatic heterocycles. The molecule has 10 heteroatoms. The van der Waals surface area contributed by atoms with Gasteiger partial charge in [0.1, 0.15) is 0 Å². The van der Waals surface area contributed by atoms with Crippen LogP contribution in [0.2, 0.25) is 0 Å². The number of amides is 2. The van der Waals surface area contributed by atoms with E-state index in [1.54, 1.807) is 20.3 Å². The fraction of sp³-hybridized carbons (Fsp3) is 0.206. The smallest absolute Gasteiger partial charge is 0.278 e. The molecule has 3 heterocycles. The Morgan fingerprint density at radius 1 is 0.841 bits per heavy atom. The third-order valence-electron chi connectivity index (χ3n) is 7.72. The molecule has 0 fully saturated rings. The topological polar surface area (TPSA) is 119 Å². The first-order valence-electron chi connectivity index (χ1n) is 14.3. The summed E-state index contributed by atoms with van der Waals surface area (Å²) >= 11 is 0. The Morgan fingerprint density at radius 3 is 2.39 bits per heavy atom. The van der Waals surface area contributed by atoms with Crippen LogP contribution < -0.4 is 20.1 Å². The predicted molar refractivity (Wildman–Crippen MR) is 168 cm³/mol. The molecule has 0 saturated carbocycles. The number of ether oxygens (including phenoxy) is 2. The second kappa shape index (κ2) is 12.9. The summed E-state index contributed by atoms with van der Waals surface area (Å²) < 4.78 is 10.9. The summed E-state index contributed by atoms with van der Waals surface area (Å²) in [7, 11) is 3.32. The molecular weight excluding hydrogens is 556 g/mol. The fourth-order valence-electron chi connectivity index (χ4n) is 5.34. The minimum absolute atomic E-state index is 0.0123. The monoisotopic (exact) mass is 588 g/mol. The quantitative estimate of drug-likeness (QED) is 0.243. The molecule has 6 rings (SSSR count). The van der Waals surface area contributed by atoms with Crippen LogP contribution in [0.25, 0.3) is 10.9 Å². The van der Waals surface area contributed by atoms with Crippen LogP contribution in [0, 0.1) is 0 Å². The Bertz CT molecular complexity index is 1830. The molecule has 2 amide bonds. The summed E-state index contributed by atoms with van der Waals surface area (Å²) in [5, 5.41) is 6.40. The molecule has 0 saturated heterocycles. The van der Waals surface area contributed by atoms with Crippen molar-refractivity contribution in [3.63, 3.8) is 0 Å². The van der Waals surface area contributed by atoms with Crippen molar-refractivity contribution in [3.8, 4) is 11.5 Å². The number of nitrogens with zero attached hydrogens (tertiary/aromatic N) is 4. The van der Waals surface area contributed by atoms with Gasteiger partial charge < -0.3 is 20.1 Å². The normalized spacial score (nSPS) is 12.8. The highest BCUT2D eigenvalue weighted by molar-refractivity contribution is 6.11. The van der Waals surface area contributed by atoms with Crippen molar-refractivity contribution in [2.45, 2.75) is 19.4 Å². The molecule has 44 heavy (non-hydrogen) atoms. The Hall–Kier alpha value is -5.35. The lowest BCUT2D eigenvalue weighted by atomic mass is 9.98. The van der Waals surface area contributed by atoms with Gasteiger partial charge in [0.25, 0.3) is 11.8 Å². The number of methoxy groups -OCH3 is 2. The van der Waals surface area contributed by atoms with Crippen molar-refractivity contribution in [1.29, 1.82) is 0 Å². The lowest BCUT2D eigenvalue weighted by Gasteiger charge is -2.29. The zero-order valence-electron chi connectivity index (χ0n) is 24.5. The van der Waals surface area contributed by atoms with E-state index < -0.39 is 11.8 Å². The van der Waals surface area contributed by atoms with Gasteiger partial charge in [0.2, 0.25) is 0 Å². The van der Waals surface area contributed by atoms with Crippen molar-refractivity contribution < 1.29 is 19.1 Å².